The molecule has 0 spiro atoms. The van der Waals surface area contributed by atoms with E-state index in [9.17, 15) is 0 Å². The van der Waals surface area contributed by atoms with Crippen molar-refractivity contribution < 1.29 is 0 Å². The van der Waals surface area contributed by atoms with E-state index in [1.54, 1.807) is 0 Å². The van der Waals surface area contributed by atoms with E-state index in [1.807, 2.05) is 25.1 Å². The van der Waals surface area contributed by atoms with E-state index in [2.05, 4.69) is 29.0 Å². The molecule has 82 valence electrons. The maximum absolute atomic E-state index is 5.65. The van der Waals surface area contributed by atoms with Crippen molar-refractivity contribution in [1.82, 2.24) is 9.97 Å². The Morgan fingerprint density at radius 2 is 2.00 bits per heavy atom. The zero-order chi connectivity index (χ0) is 11.5. The molecule has 0 saturated carbocycles. The first-order chi connectivity index (χ1) is 7.69. The molecule has 16 heavy (non-hydrogen) atoms. The van der Waals surface area contributed by atoms with Crippen LogP contribution in [-0.2, 0) is 6.42 Å². The predicted molar refractivity (Wildman–Crippen MR) is 66.0 cm³/mol. The molecular weight excluding hydrogens is 198 g/mol. The Labute approximate surface area is 95.4 Å². The Morgan fingerprint density at radius 1 is 1.19 bits per heavy atom. The molecule has 2 rings (SSSR count). The number of anilines is 1. The largest absolute Gasteiger partial charge is 0.368 e. The molecule has 0 amide bonds. The van der Waals surface area contributed by atoms with Crippen LogP contribution in [0.15, 0.2) is 30.3 Å². The minimum atomic E-state index is 0.330. The molecule has 1 aromatic carbocycles. The third kappa shape index (κ3) is 2.19. The first kappa shape index (κ1) is 10.6. The molecule has 0 unspecified atom stereocenters. The number of aryl methyl sites for hydroxylation is 2. The molecule has 1 heterocycles. The summed E-state index contributed by atoms with van der Waals surface area (Å²) in [6.07, 6.45) is 1.02. The molecule has 3 nitrogen and oxygen atoms in total. The normalized spacial score (nSPS) is 10.4. The lowest BCUT2D eigenvalue weighted by Crippen LogP contribution is -1.98. The number of hydrogen-bond acceptors (Lipinski definition) is 3. The molecule has 0 aliphatic carbocycles. The van der Waals surface area contributed by atoms with Crippen molar-refractivity contribution in [2.24, 2.45) is 0 Å². The summed E-state index contributed by atoms with van der Waals surface area (Å²) in [6, 6.07) is 10.3. The second-order valence-electron chi connectivity index (χ2n) is 3.81. The summed E-state index contributed by atoms with van der Waals surface area (Å²) in [5, 5.41) is 0. The molecule has 0 atom stereocenters. The van der Waals surface area contributed by atoms with E-state index in [0.717, 1.165) is 23.4 Å². The van der Waals surface area contributed by atoms with Crippen molar-refractivity contribution in [3.63, 3.8) is 0 Å². The lowest BCUT2D eigenvalue weighted by atomic mass is 10.1. The fourth-order valence-corrected chi connectivity index (χ4v) is 1.69. The quantitative estimate of drug-likeness (QED) is 0.834. The first-order valence-electron chi connectivity index (χ1n) is 5.39. The second-order valence-corrected chi connectivity index (χ2v) is 3.81. The number of benzene rings is 1. The molecule has 0 aliphatic rings. The Morgan fingerprint density at radius 3 is 2.69 bits per heavy atom. The summed E-state index contributed by atoms with van der Waals surface area (Å²) in [7, 11) is 0. The van der Waals surface area contributed by atoms with Crippen LogP contribution in [0.25, 0.3) is 11.3 Å². The fourth-order valence-electron chi connectivity index (χ4n) is 1.69. The van der Waals surface area contributed by atoms with Crippen molar-refractivity contribution >= 4 is 5.95 Å². The molecule has 0 radical (unpaired) electrons. The van der Waals surface area contributed by atoms with Gasteiger partial charge in [-0.2, -0.15) is 0 Å². The summed E-state index contributed by atoms with van der Waals surface area (Å²) in [6.45, 7) is 4.06. The van der Waals surface area contributed by atoms with E-state index >= 15 is 0 Å². The van der Waals surface area contributed by atoms with Gasteiger partial charge in [-0.15, -0.1) is 0 Å². The lowest BCUT2D eigenvalue weighted by Gasteiger charge is -2.05. The summed E-state index contributed by atoms with van der Waals surface area (Å²) in [4.78, 5) is 8.32. The van der Waals surface area contributed by atoms with Gasteiger partial charge >= 0.3 is 0 Å². The van der Waals surface area contributed by atoms with E-state index in [-0.39, 0.29) is 0 Å². The fraction of sp³-hybridized carbons (Fsp3) is 0.231. The van der Waals surface area contributed by atoms with E-state index in [1.165, 1.54) is 5.56 Å². The summed E-state index contributed by atoms with van der Waals surface area (Å²) in [5.74, 6) is 0.330. The van der Waals surface area contributed by atoms with Gasteiger partial charge in [0.05, 0.1) is 5.69 Å². The van der Waals surface area contributed by atoms with Crippen LogP contribution in [0.3, 0.4) is 0 Å². The Balaban J connectivity index is 2.49. The topological polar surface area (TPSA) is 51.8 Å². The monoisotopic (exact) mass is 213 g/mol. The lowest BCUT2D eigenvalue weighted by molar-refractivity contribution is 1.11. The van der Waals surface area contributed by atoms with Gasteiger partial charge in [-0.1, -0.05) is 25.1 Å². The highest BCUT2D eigenvalue weighted by Gasteiger charge is 2.03. The number of nitrogen functional groups attached to an aromatic ring is 1. The van der Waals surface area contributed by atoms with Gasteiger partial charge in [0.25, 0.3) is 0 Å². The highest BCUT2D eigenvalue weighted by molar-refractivity contribution is 5.61. The third-order valence-corrected chi connectivity index (χ3v) is 2.50. The number of rotatable bonds is 2. The van der Waals surface area contributed by atoms with Crippen LogP contribution >= 0.6 is 0 Å². The molecule has 0 bridgehead atoms. The number of hydrogen-bond donors (Lipinski definition) is 1. The zero-order valence-electron chi connectivity index (χ0n) is 9.57. The SMILES string of the molecule is CCc1cccc(-c2cc(C)nc(N)n2)c1. The van der Waals surface area contributed by atoms with E-state index in [4.69, 9.17) is 5.73 Å². The first-order valence-corrected chi connectivity index (χ1v) is 5.39. The smallest absolute Gasteiger partial charge is 0.220 e. The minimum absolute atomic E-state index is 0.330. The van der Waals surface area contributed by atoms with Crippen LogP contribution in [0, 0.1) is 6.92 Å². The molecule has 1 aromatic heterocycles. The maximum atomic E-state index is 5.65. The van der Waals surface area contributed by atoms with Gasteiger partial charge in [-0.05, 0) is 31.0 Å². The highest BCUT2D eigenvalue weighted by atomic mass is 15.0. The van der Waals surface area contributed by atoms with Crippen molar-refractivity contribution in [1.29, 1.82) is 0 Å². The van der Waals surface area contributed by atoms with Crippen LogP contribution in [-0.4, -0.2) is 9.97 Å². The van der Waals surface area contributed by atoms with Gasteiger partial charge < -0.3 is 5.73 Å². The molecule has 0 fully saturated rings. The average Bonchev–Trinajstić information content (AvgIpc) is 2.28. The molecule has 2 aromatic rings. The summed E-state index contributed by atoms with van der Waals surface area (Å²) >= 11 is 0. The average molecular weight is 213 g/mol. The van der Waals surface area contributed by atoms with Gasteiger partial charge in [0.1, 0.15) is 0 Å². The molecule has 0 aliphatic heterocycles. The van der Waals surface area contributed by atoms with Gasteiger partial charge in [-0.25, -0.2) is 9.97 Å². The molecule has 0 saturated heterocycles. The van der Waals surface area contributed by atoms with Gasteiger partial charge in [0.15, 0.2) is 0 Å². The summed E-state index contributed by atoms with van der Waals surface area (Å²) < 4.78 is 0. The van der Waals surface area contributed by atoms with Crippen molar-refractivity contribution in [2.45, 2.75) is 20.3 Å². The van der Waals surface area contributed by atoms with E-state index < -0.39 is 0 Å². The zero-order valence-corrected chi connectivity index (χ0v) is 9.57. The number of nitrogens with zero attached hydrogens (tertiary/aromatic N) is 2. The third-order valence-electron chi connectivity index (χ3n) is 2.50. The highest BCUT2D eigenvalue weighted by Crippen LogP contribution is 2.19. The molecule has 3 heteroatoms. The van der Waals surface area contributed by atoms with E-state index in [0.29, 0.717) is 5.95 Å². The Hall–Kier alpha value is -1.90. The van der Waals surface area contributed by atoms with Crippen molar-refractivity contribution in [2.75, 3.05) is 5.73 Å². The minimum Gasteiger partial charge on any atom is -0.368 e. The van der Waals surface area contributed by atoms with Crippen LogP contribution in [0.4, 0.5) is 5.95 Å². The maximum Gasteiger partial charge on any atom is 0.220 e. The molecular formula is C13H15N3. The second kappa shape index (κ2) is 4.31. The van der Waals surface area contributed by atoms with Crippen LogP contribution in [0.2, 0.25) is 0 Å². The Kier molecular flexibility index (Phi) is 2.86. The standard InChI is InChI=1S/C13H15N3/c1-3-10-5-4-6-11(8-10)12-7-9(2)15-13(14)16-12/h4-8H,3H2,1-2H3,(H2,14,15,16). The van der Waals surface area contributed by atoms with Gasteiger partial charge in [0, 0.05) is 11.3 Å². The van der Waals surface area contributed by atoms with Crippen LogP contribution in [0.1, 0.15) is 18.2 Å². The van der Waals surface area contributed by atoms with Crippen LogP contribution in [0.5, 0.6) is 0 Å². The summed E-state index contributed by atoms with van der Waals surface area (Å²) in [5.41, 5.74) is 9.82. The van der Waals surface area contributed by atoms with Crippen LogP contribution < -0.4 is 5.73 Å². The van der Waals surface area contributed by atoms with Gasteiger partial charge in [-0.3, -0.25) is 0 Å². The predicted octanol–water partition coefficient (Wildman–Crippen LogP) is 2.60. The number of aromatic nitrogens is 2. The van der Waals surface area contributed by atoms with Crippen molar-refractivity contribution in [3.05, 3.63) is 41.6 Å². The number of nitrogens with two attached hydrogens (primary N) is 1. The van der Waals surface area contributed by atoms with Gasteiger partial charge in [0.2, 0.25) is 5.95 Å². The molecule has 2 N–H and O–H groups in total. The van der Waals surface area contributed by atoms with Crippen molar-refractivity contribution in [3.8, 4) is 11.3 Å². The Bertz CT molecular complexity index is 486.